The van der Waals surface area contributed by atoms with Crippen LogP contribution in [0.1, 0.15) is 66.7 Å². The molecule has 0 atom stereocenters. The van der Waals surface area contributed by atoms with E-state index in [-0.39, 0.29) is 0 Å². The van der Waals surface area contributed by atoms with Gasteiger partial charge in [-0.05, 0) is 51.1 Å². The molecule has 0 aromatic carbocycles. The first kappa shape index (κ1) is 17.0. The Kier molecular flexibility index (Phi) is 7.38. The predicted molar refractivity (Wildman–Crippen MR) is 85.6 cm³/mol. The highest BCUT2D eigenvalue weighted by molar-refractivity contribution is 4.88. The SMILES string of the molecule is CCN(CC1(CNCC(C)C)CCCCC1)C(C)C. The minimum atomic E-state index is 0.535. The van der Waals surface area contributed by atoms with E-state index in [1.807, 2.05) is 0 Å². The first-order valence-corrected chi connectivity index (χ1v) is 8.44. The molecule has 0 aromatic heterocycles. The standard InChI is InChI=1S/C17H36N2/c1-6-19(16(4)5)14-17(10-8-7-9-11-17)13-18-12-15(2)3/h15-16,18H,6-14H2,1-5H3. The van der Waals surface area contributed by atoms with Crippen molar-refractivity contribution in [2.45, 2.75) is 72.8 Å². The Balaban J connectivity index is 2.58. The molecule has 1 aliphatic rings. The van der Waals surface area contributed by atoms with Gasteiger partial charge in [0.05, 0.1) is 0 Å². The summed E-state index contributed by atoms with van der Waals surface area (Å²) in [5.41, 5.74) is 0.535. The highest BCUT2D eigenvalue weighted by atomic mass is 15.2. The van der Waals surface area contributed by atoms with E-state index in [9.17, 15) is 0 Å². The lowest BCUT2D eigenvalue weighted by Crippen LogP contribution is -2.47. The van der Waals surface area contributed by atoms with Crippen LogP contribution >= 0.6 is 0 Å². The van der Waals surface area contributed by atoms with Gasteiger partial charge in [0.2, 0.25) is 0 Å². The minimum Gasteiger partial charge on any atom is -0.316 e. The fourth-order valence-corrected chi connectivity index (χ4v) is 3.41. The van der Waals surface area contributed by atoms with Crippen LogP contribution in [0.3, 0.4) is 0 Å². The van der Waals surface area contributed by atoms with Crippen molar-refractivity contribution < 1.29 is 0 Å². The first-order valence-electron chi connectivity index (χ1n) is 8.44. The normalized spacial score (nSPS) is 19.6. The number of hydrogen-bond acceptors (Lipinski definition) is 2. The number of hydrogen-bond donors (Lipinski definition) is 1. The Morgan fingerprint density at radius 2 is 1.68 bits per heavy atom. The van der Waals surface area contributed by atoms with Gasteiger partial charge in [-0.25, -0.2) is 0 Å². The molecule has 2 nitrogen and oxygen atoms in total. The van der Waals surface area contributed by atoms with Gasteiger partial charge in [-0.15, -0.1) is 0 Å². The fourth-order valence-electron chi connectivity index (χ4n) is 3.41. The molecule has 0 heterocycles. The van der Waals surface area contributed by atoms with Crippen molar-refractivity contribution in [1.82, 2.24) is 10.2 Å². The Hall–Kier alpha value is -0.0800. The lowest BCUT2D eigenvalue weighted by Gasteiger charge is -2.42. The van der Waals surface area contributed by atoms with Crippen LogP contribution in [0.5, 0.6) is 0 Å². The quantitative estimate of drug-likeness (QED) is 0.718. The second-order valence-corrected chi connectivity index (χ2v) is 7.24. The van der Waals surface area contributed by atoms with Gasteiger partial charge >= 0.3 is 0 Å². The van der Waals surface area contributed by atoms with Crippen molar-refractivity contribution in [2.24, 2.45) is 11.3 Å². The third-order valence-electron chi connectivity index (χ3n) is 4.64. The topological polar surface area (TPSA) is 15.3 Å². The molecule has 0 unspecified atom stereocenters. The largest absolute Gasteiger partial charge is 0.316 e. The van der Waals surface area contributed by atoms with Crippen molar-refractivity contribution in [3.05, 3.63) is 0 Å². The van der Waals surface area contributed by atoms with E-state index in [2.05, 4.69) is 44.8 Å². The van der Waals surface area contributed by atoms with Gasteiger partial charge in [-0.1, -0.05) is 40.0 Å². The van der Waals surface area contributed by atoms with E-state index in [1.54, 1.807) is 0 Å². The summed E-state index contributed by atoms with van der Waals surface area (Å²) in [5, 5.41) is 3.74. The molecule has 0 aliphatic heterocycles. The number of rotatable bonds is 8. The molecule has 1 saturated carbocycles. The second kappa shape index (κ2) is 8.26. The van der Waals surface area contributed by atoms with Crippen molar-refractivity contribution in [1.29, 1.82) is 0 Å². The van der Waals surface area contributed by atoms with Gasteiger partial charge in [-0.3, -0.25) is 0 Å². The highest BCUT2D eigenvalue weighted by Crippen LogP contribution is 2.37. The lowest BCUT2D eigenvalue weighted by molar-refractivity contribution is 0.0866. The third-order valence-corrected chi connectivity index (χ3v) is 4.64. The summed E-state index contributed by atoms with van der Waals surface area (Å²) in [4.78, 5) is 2.66. The van der Waals surface area contributed by atoms with E-state index >= 15 is 0 Å². The van der Waals surface area contributed by atoms with E-state index < -0.39 is 0 Å². The average molecular weight is 268 g/mol. The molecule has 1 aliphatic carbocycles. The van der Waals surface area contributed by atoms with Crippen molar-refractivity contribution in [3.63, 3.8) is 0 Å². The highest BCUT2D eigenvalue weighted by Gasteiger charge is 2.33. The summed E-state index contributed by atoms with van der Waals surface area (Å²) in [7, 11) is 0. The monoisotopic (exact) mass is 268 g/mol. The summed E-state index contributed by atoms with van der Waals surface area (Å²) in [6.07, 6.45) is 7.14. The van der Waals surface area contributed by atoms with Crippen LogP contribution < -0.4 is 5.32 Å². The summed E-state index contributed by atoms with van der Waals surface area (Å²) < 4.78 is 0. The van der Waals surface area contributed by atoms with Gasteiger partial charge < -0.3 is 10.2 Å². The Bertz CT molecular complexity index is 229. The van der Waals surface area contributed by atoms with Crippen LogP contribution in [0.2, 0.25) is 0 Å². The minimum absolute atomic E-state index is 0.535. The van der Waals surface area contributed by atoms with Crippen LogP contribution in [0, 0.1) is 11.3 Å². The van der Waals surface area contributed by atoms with Crippen LogP contribution in [0.4, 0.5) is 0 Å². The van der Waals surface area contributed by atoms with E-state index in [0.717, 1.165) is 12.5 Å². The van der Waals surface area contributed by atoms with Crippen LogP contribution in [0.25, 0.3) is 0 Å². The smallest absolute Gasteiger partial charge is 0.00527 e. The maximum atomic E-state index is 3.74. The Morgan fingerprint density at radius 3 is 2.16 bits per heavy atom. The maximum Gasteiger partial charge on any atom is 0.00527 e. The molecule has 0 bridgehead atoms. The zero-order chi connectivity index (χ0) is 14.3. The van der Waals surface area contributed by atoms with E-state index in [1.165, 1.54) is 51.7 Å². The molecule has 19 heavy (non-hydrogen) atoms. The number of nitrogens with zero attached hydrogens (tertiary/aromatic N) is 1. The Labute approximate surface area is 121 Å². The van der Waals surface area contributed by atoms with Gasteiger partial charge in [0.25, 0.3) is 0 Å². The van der Waals surface area contributed by atoms with Crippen molar-refractivity contribution in [2.75, 3.05) is 26.2 Å². The van der Waals surface area contributed by atoms with Gasteiger partial charge in [0.1, 0.15) is 0 Å². The molecule has 0 spiro atoms. The van der Waals surface area contributed by atoms with Gasteiger partial charge in [0.15, 0.2) is 0 Å². The molecule has 2 heteroatoms. The number of nitrogens with one attached hydrogen (secondary N) is 1. The summed E-state index contributed by atoms with van der Waals surface area (Å²) >= 11 is 0. The molecule has 0 amide bonds. The van der Waals surface area contributed by atoms with Crippen LogP contribution in [-0.2, 0) is 0 Å². The average Bonchev–Trinajstić information content (AvgIpc) is 2.36. The second-order valence-electron chi connectivity index (χ2n) is 7.24. The van der Waals surface area contributed by atoms with E-state index in [0.29, 0.717) is 11.5 Å². The fraction of sp³-hybridized carbons (Fsp3) is 1.00. The summed E-state index contributed by atoms with van der Waals surface area (Å²) in [6, 6.07) is 0.675. The summed E-state index contributed by atoms with van der Waals surface area (Å²) in [6.45, 7) is 16.4. The third kappa shape index (κ3) is 5.83. The molecule has 0 radical (unpaired) electrons. The molecular formula is C17H36N2. The molecule has 1 fully saturated rings. The summed E-state index contributed by atoms with van der Waals surface area (Å²) in [5.74, 6) is 0.757. The van der Waals surface area contributed by atoms with Crippen molar-refractivity contribution >= 4 is 0 Å². The van der Waals surface area contributed by atoms with Crippen LogP contribution in [-0.4, -0.2) is 37.1 Å². The van der Waals surface area contributed by atoms with Gasteiger partial charge in [0, 0.05) is 19.1 Å². The molecule has 114 valence electrons. The lowest BCUT2D eigenvalue weighted by atomic mass is 9.73. The van der Waals surface area contributed by atoms with Crippen molar-refractivity contribution in [3.8, 4) is 0 Å². The molecule has 1 N–H and O–H groups in total. The molecule has 0 aromatic rings. The first-order chi connectivity index (χ1) is 8.99. The van der Waals surface area contributed by atoms with E-state index in [4.69, 9.17) is 0 Å². The zero-order valence-corrected chi connectivity index (χ0v) is 14.0. The molecule has 1 rings (SSSR count). The van der Waals surface area contributed by atoms with Gasteiger partial charge in [-0.2, -0.15) is 0 Å². The Morgan fingerprint density at radius 1 is 1.05 bits per heavy atom. The van der Waals surface area contributed by atoms with Crippen LogP contribution in [0.15, 0.2) is 0 Å². The predicted octanol–water partition coefficient (Wildman–Crippen LogP) is 3.91. The molecule has 0 saturated heterocycles. The maximum absolute atomic E-state index is 3.74. The molecular weight excluding hydrogens is 232 g/mol. The zero-order valence-electron chi connectivity index (χ0n) is 14.0.